The van der Waals surface area contributed by atoms with E-state index in [0.717, 1.165) is 5.56 Å². The van der Waals surface area contributed by atoms with Crippen LogP contribution in [-0.2, 0) is 6.54 Å². The Morgan fingerprint density at radius 2 is 2.00 bits per heavy atom. The van der Waals surface area contributed by atoms with Crippen LogP contribution in [0, 0.1) is 12.7 Å². The van der Waals surface area contributed by atoms with Crippen molar-refractivity contribution in [2.24, 2.45) is 0 Å². The monoisotopic (exact) mass is 424 g/mol. The van der Waals surface area contributed by atoms with Gasteiger partial charge in [0.05, 0.1) is 18.7 Å². The van der Waals surface area contributed by atoms with Gasteiger partial charge in [-0.1, -0.05) is 41.4 Å². The summed E-state index contributed by atoms with van der Waals surface area (Å²) in [4.78, 5) is 16.6. The van der Waals surface area contributed by atoms with E-state index in [9.17, 15) is 14.3 Å². The number of carboxylic acids is 1. The fourth-order valence-corrected chi connectivity index (χ4v) is 3.85. The first kappa shape index (κ1) is 19.9. The van der Waals surface area contributed by atoms with Crippen LogP contribution in [0.3, 0.4) is 0 Å². The van der Waals surface area contributed by atoms with Crippen molar-refractivity contribution in [2.45, 2.75) is 13.5 Å². The van der Waals surface area contributed by atoms with E-state index in [1.165, 1.54) is 19.4 Å². The van der Waals surface area contributed by atoms with Gasteiger partial charge in [-0.3, -0.25) is 0 Å². The molecule has 0 aliphatic heterocycles. The number of rotatable bonds is 5. The summed E-state index contributed by atoms with van der Waals surface area (Å²) in [5.41, 5.74) is 2.92. The molecule has 0 amide bonds. The molecule has 0 spiro atoms. The summed E-state index contributed by atoms with van der Waals surface area (Å²) < 4.78 is 21.4. The SMILES string of the molecule is COc1ncc(Cl)cc1-c1c(C(=O)O)n(Cc2ccccc2F)c2ccc(C)cc12. The molecule has 30 heavy (non-hydrogen) atoms. The van der Waals surface area contributed by atoms with E-state index < -0.39 is 11.8 Å². The van der Waals surface area contributed by atoms with Gasteiger partial charge in [0.15, 0.2) is 0 Å². The van der Waals surface area contributed by atoms with E-state index >= 15 is 0 Å². The van der Waals surface area contributed by atoms with Gasteiger partial charge in [-0.25, -0.2) is 14.2 Å². The third kappa shape index (κ3) is 3.39. The van der Waals surface area contributed by atoms with Crippen LogP contribution in [0.2, 0.25) is 5.02 Å². The number of nitrogens with zero attached hydrogens (tertiary/aromatic N) is 2. The van der Waals surface area contributed by atoms with Crippen molar-refractivity contribution in [3.8, 4) is 17.0 Å². The number of fused-ring (bicyclic) bond motifs is 1. The summed E-state index contributed by atoms with van der Waals surface area (Å²) in [6, 6.07) is 13.6. The number of halogens is 2. The van der Waals surface area contributed by atoms with Gasteiger partial charge in [0.2, 0.25) is 5.88 Å². The average Bonchev–Trinajstić information content (AvgIpc) is 3.03. The van der Waals surface area contributed by atoms with Crippen LogP contribution in [0.1, 0.15) is 21.6 Å². The smallest absolute Gasteiger partial charge is 0.353 e. The van der Waals surface area contributed by atoms with Crippen molar-refractivity contribution < 1.29 is 19.0 Å². The van der Waals surface area contributed by atoms with Crippen molar-refractivity contribution >= 4 is 28.5 Å². The van der Waals surface area contributed by atoms with Crippen LogP contribution in [0.15, 0.2) is 54.7 Å². The topological polar surface area (TPSA) is 64.3 Å². The van der Waals surface area contributed by atoms with Gasteiger partial charge in [0.25, 0.3) is 0 Å². The summed E-state index contributed by atoms with van der Waals surface area (Å²) in [6.07, 6.45) is 1.44. The summed E-state index contributed by atoms with van der Waals surface area (Å²) in [5.74, 6) is -1.28. The summed E-state index contributed by atoms with van der Waals surface area (Å²) >= 11 is 6.17. The molecular formula is C23H18ClFN2O3. The van der Waals surface area contributed by atoms with Gasteiger partial charge in [-0.05, 0) is 31.2 Å². The molecule has 2 aromatic heterocycles. The second-order valence-electron chi connectivity index (χ2n) is 6.94. The van der Waals surface area contributed by atoms with Crippen molar-refractivity contribution in [1.29, 1.82) is 0 Å². The predicted octanol–water partition coefficient (Wildman–Crippen LogP) is 5.56. The Balaban J connectivity index is 2.10. The zero-order chi connectivity index (χ0) is 21.4. The van der Waals surface area contributed by atoms with Crippen LogP contribution in [0.4, 0.5) is 4.39 Å². The van der Waals surface area contributed by atoms with E-state index in [1.807, 2.05) is 25.1 Å². The zero-order valence-electron chi connectivity index (χ0n) is 16.3. The van der Waals surface area contributed by atoms with E-state index in [0.29, 0.717) is 32.6 Å². The molecule has 0 bridgehead atoms. The lowest BCUT2D eigenvalue weighted by atomic mass is 10.0. The van der Waals surface area contributed by atoms with E-state index in [1.54, 1.807) is 28.8 Å². The molecule has 0 fully saturated rings. The maximum absolute atomic E-state index is 14.4. The molecule has 0 unspecified atom stereocenters. The Labute approximate surface area is 177 Å². The van der Waals surface area contributed by atoms with Gasteiger partial charge < -0.3 is 14.4 Å². The Morgan fingerprint density at radius 3 is 2.70 bits per heavy atom. The van der Waals surface area contributed by atoms with Gasteiger partial charge in [0, 0.05) is 33.8 Å². The summed E-state index contributed by atoms with van der Waals surface area (Å²) in [6.45, 7) is 1.98. The summed E-state index contributed by atoms with van der Waals surface area (Å²) in [7, 11) is 1.46. The maximum atomic E-state index is 14.4. The highest BCUT2D eigenvalue weighted by Gasteiger charge is 2.27. The molecule has 2 aromatic carbocycles. The molecule has 5 nitrogen and oxygen atoms in total. The number of aromatic carboxylic acids is 1. The Hall–Kier alpha value is -3.38. The van der Waals surface area contributed by atoms with Gasteiger partial charge in [-0.2, -0.15) is 0 Å². The van der Waals surface area contributed by atoms with Gasteiger partial charge in [-0.15, -0.1) is 0 Å². The molecule has 0 radical (unpaired) electrons. The number of aromatic nitrogens is 2. The van der Waals surface area contributed by atoms with E-state index in [4.69, 9.17) is 16.3 Å². The molecule has 0 atom stereocenters. The van der Waals surface area contributed by atoms with Crippen LogP contribution in [-0.4, -0.2) is 27.7 Å². The maximum Gasteiger partial charge on any atom is 0.353 e. The highest BCUT2D eigenvalue weighted by atomic mass is 35.5. The third-order valence-corrected chi connectivity index (χ3v) is 5.19. The lowest BCUT2D eigenvalue weighted by molar-refractivity contribution is 0.0687. The third-order valence-electron chi connectivity index (χ3n) is 4.99. The molecule has 0 aliphatic carbocycles. The molecule has 0 saturated heterocycles. The Kier molecular flexibility index (Phi) is 5.18. The number of pyridine rings is 1. The largest absolute Gasteiger partial charge is 0.481 e. The number of ether oxygens (including phenoxy) is 1. The molecule has 2 heterocycles. The van der Waals surface area contributed by atoms with Crippen LogP contribution in [0.25, 0.3) is 22.0 Å². The van der Waals surface area contributed by atoms with Gasteiger partial charge in [0.1, 0.15) is 11.5 Å². The van der Waals surface area contributed by atoms with Crippen molar-refractivity contribution in [1.82, 2.24) is 9.55 Å². The molecule has 0 aliphatic rings. The van der Waals surface area contributed by atoms with Crippen LogP contribution < -0.4 is 4.74 Å². The second-order valence-corrected chi connectivity index (χ2v) is 7.37. The molecular weight excluding hydrogens is 407 g/mol. The van der Waals surface area contributed by atoms with Crippen molar-refractivity contribution in [3.63, 3.8) is 0 Å². The Morgan fingerprint density at radius 1 is 1.23 bits per heavy atom. The standard InChI is InChI=1S/C23H18ClFN2O3/c1-13-7-8-19-16(9-13)20(17-10-15(24)11-26-22(17)30-2)21(23(28)29)27(19)12-14-5-3-4-6-18(14)25/h3-11H,12H2,1-2H3,(H,28,29). The minimum absolute atomic E-state index is 0.0150. The quantitative estimate of drug-likeness (QED) is 0.455. The van der Waals surface area contributed by atoms with E-state index in [2.05, 4.69) is 4.98 Å². The van der Waals surface area contributed by atoms with E-state index in [-0.39, 0.29) is 18.1 Å². The van der Waals surface area contributed by atoms with Crippen LogP contribution in [0.5, 0.6) is 5.88 Å². The molecule has 7 heteroatoms. The lowest BCUT2D eigenvalue weighted by Crippen LogP contribution is -2.11. The Bertz CT molecular complexity index is 1280. The molecule has 4 rings (SSSR count). The minimum Gasteiger partial charge on any atom is -0.481 e. The first-order valence-electron chi connectivity index (χ1n) is 9.20. The number of carbonyl (C=O) groups is 1. The predicted molar refractivity (Wildman–Crippen MR) is 114 cm³/mol. The van der Waals surface area contributed by atoms with Gasteiger partial charge >= 0.3 is 5.97 Å². The fraction of sp³-hybridized carbons (Fsp3) is 0.130. The minimum atomic E-state index is -1.14. The highest BCUT2D eigenvalue weighted by Crippen LogP contribution is 2.40. The van der Waals surface area contributed by atoms with Crippen molar-refractivity contribution in [2.75, 3.05) is 7.11 Å². The molecule has 0 saturated carbocycles. The van der Waals surface area contributed by atoms with Crippen molar-refractivity contribution in [3.05, 3.63) is 82.4 Å². The highest BCUT2D eigenvalue weighted by molar-refractivity contribution is 6.31. The lowest BCUT2D eigenvalue weighted by Gasteiger charge is -2.11. The summed E-state index contributed by atoms with van der Waals surface area (Å²) in [5, 5.41) is 11.2. The number of benzene rings is 2. The molecule has 1 N–H and O–H groups in total. The number of hydrogen-bond donors (Lipinski definition) is 1. The average molecular weight is 425 g/mol. The number of hydrogen-bond acceptors (Lipinski definition) is 3. The van der Waals surface area contributed by atoms with Crippen LogP contribution >= 0.6 is 11.6 Å². The second kappa shape index (κ2) is 7.80. The first-order chi connectivity index (χ1) is 14.4. The number of carboxylic acid groups (broad SMARTS) is 1. The fourth-order valence-electron chi connectivity index (χ4n) is 3.69. The molecule has 152 valence electrons. The normalized spacial score (nSPS) is 11.1. The zero-order valence-corrected chi connectivity index (χ0v) is 17.1. The molecule has 4 aromatic rings. The number of methoxy groups -OCH3 is 1. The number of aryl methyl sites for hydroxylation is 1. The first-order valence-corrected chi connectivity index (χ1v) is 9.58.